The number of aryl methyl sites for hydroxylation is 1. The second-order valence-corrected chi connectivity index (χ2v) is 7.30. The van der Waals surface area contributed by atoms with Crippen molar-refractivity contribution in [1.29, 1.82) is 0 Å². The van der Waals surface area contributed by atoms with Crippen LogP contribution in [0.1, 0.15) is 28.3 Å². The molecule has 1 aliphatic rings. The fourth-order valence-electron chi connectivity index (χ4n) is 4.31. The zero-order valence-electron chi connectivity index (χ0n) is 17.5. The number of para-hydroxylation sites is 1. The van der Waals surface area contributed by atoms with Crippen LogP contribution in [-0.4, -0.2) is 31.5 Å². The number of nitrogens with zero attached hydrogens (tertiary/aromatic N) is 1. The second-order valence-electron chi connectivity index (χ2n) is 7.30. The fraction of sp³-hybridized carbons (Fsp3) is 0.217. The first kappa shape index (κ1) is 19.0. The van der Waals surface area contributed by atoms with Gasteiger partial charge in [0.1, 0.15) is 5.58 Å². The fourth-order valence-corrected chi connectivity index (χ4v) is 4.31. The van der Waals surface area contributed by atoms with Gasteiger partial charge in [0.25, 0.3) is 0 Å². The summed E-state index contributed by atoms with van der Waals surface area (Å²) in [6.07, 6.45) is 0. The summed E-state index contributed by atoms with van der Waals surface area (Å²) in [6, 6.07) is 11.1. The molecule has 8 nitrogen and oxygen atoms in total. The van der Waals surface area contributed by atoms with E-state index in [1.54, 1.807) is 27.4 Å². The minimum Gasteiger partial charge on any atom is -0.493 e. The number of fused-ring (bicyclic) bond motifs is 4. The summed E-state index contributed by atoms with van der Waals surface area (Å²) in [5, 5.41) is 11.6. The Labute approximate surface area is 177 Å². The molecule has 0 saturated carbocycles. The van der Waals surface area contributed by atoms with E-state index in [2.05, 4.69) is 15.5 Å². The van der Waals surface area contributed by atoms with Gasteiger partial charge >= 0.3 is 5.63 Å². The number of anilines is 2. The number of benzene rings is 2. The van der Waals surface area contributed by atoms with Crippen LogP contribution in [0.25, 0.3) is 11.0 Å². The van der Waals surface area contributed by atoms with Crippen LogP contribution in [0.5, 0.6) is 17.2 Å². The number of H-pyrrole nitrogens is 1. The van der Waals surface area contributed by atoms with Gasteiger partial charge in [0.05, 0.1) is 32.6 Å². The van der Waals surface area contributed by atoms with Gasteiger partial charge in [-0.05, 0) is 36.8 Å². The largest absolute Gasteiger partial charge is 0.493 e. The van der Waals surface area contributed by atoms with E-state index >= 15 is 0 Å². The second kappa shape index (κ2) is 7.09. The van der Waals surface area contributed by atoms with Crippen LogP contribution in [0.2, 0.25) is 0 Å². The molecule has 2 aromatic heterocycles. The molecule has 1 unspecified atom stereocenters. The number of aromatic amines is 1. The van der Waals surface area contributed by atoms with E-state index in [4.69, 9.17) is 18.6 Å². The topological polar surface area (TPSA) is 98.6 Å². The number of hydrogen-bond acceptors (Lipinski definition) is 7. The van der Waals surface area contributed by atoms with E-state index in [-0.39, 0.29) is 0 Å². The summed E-state index contributed by atoms with van der Waals surface area (Å²) < 4.78 is 22.3. The average Bonchev–Trinajstić information content (AvgIpc) is 3.17. The predicted molar refractivity (Wildman–Crippen MR) is 116 cm³/mol. The lowest BCUT2D eigenvalue weighted by atomic mass is 9.82. The Hall–Kier alpha value is -3.94. The molecule has 0 bridgehead atoms. The molecule has 2 N–H and O–H groups in total. The van der Waals surface area contributed by atoms with Crippen molar-refractivity contribution in [2.75, 3.05) is 26.6 Å². The smallest absolute Gasteiger partial charge is 0.342 e. The Morgan fingerprint density at radius 1 is 1.00 bits per heavy atom. The van der Waals surface area contributed by atoms with E-state index in [1.165, 1.54) is 0 Å². The van der Waals surface area contributed by atoms with Crippen LogP contribution in [0.3, 0.4) is 0 Å². The molecule has 158 valence electrons. The van der Waals surface area contributed by atoms with E-state index in [9.17, 15) is 4.79 Å². The molecule has 0 amide bonds. The number of nitrogens with one attached hydrogen (secondary N) is 2. The van der Waals surface area contributed by atoms with Gasteiger partial charge in [0.15, 0.2) is 17.3 Å². The summed E-state index contributed by atoms with van der Waals surface area (Å²) in [4.78, 5) is 13.2. The van der Waals surface area contributed by atoms with Crippen molar-refractivity contribution in [1.82, 2.24) is 10.2 Å². The lowest BCUT2D eigenvalue weighted by molar-refractivity contribution is 0.323. The van der Waals surface area contributed by atoms with Gasteiger partial charge in [-0.1, -0.05) is 12.1 Å². The molecule has 0 saturated heterocycles. The highest BCUT2D eigenvalue weighted by Crippen LogP contribution is 2.49. The van der Waals surface area contributed by atoms with E-state index in [1.807, 2.05) is 37.3 Å². The highest BCUT2D eigenvalue weighted by Gasteiger charge is 2.36. The summed E-state index contributed by atoms with van der Waals surface area (Å²) in [6.45, 7) is 1.92. The van der Waals surface area contributed by atoms with Crippen molar-refractivity contribution in [2.45, 2.75) is 12.8 Å². The maximum atomic E-state index is 13.2. The van der Waals surface area contributed by atoms with Crippen LogP contribution in [0, 0.1) is 6.92 Å². The monoisotopic (exact) mass is 419 g/mol. The summed E-state index contributed by atoms with van der Waals surface area (Å²) in [5.41, 5.74) is 3.80. The Kier molecular flexibility index (Phi) is 4.35. The molecule has 3 heterocycles. The van der Waals surface area contributed by atoms with Crippen LogP contribution < -0.4 is 25.2 Å². The Balaban J connectivity index is 1.86. The number of rotatable bonds is 4. The van der Waals surface area contributed by atoms with Gasteiger partial charge in [0.2, 0.25) is 5.75 Å². The minimum atomic E-state index is -0.445. The first-order chi connectivity index (χ1) is 15.1. The van der Waals surface area contributed by atoms with Crippen molar-refractivity contribution in [3.63, 3.8) is 0 Å². The Bertz CT molecular complexity index is 1350. The molecule has 31 heavy (non-hydrogen) atoms. The number of hydrogen-bond donors (Lipinski definition) is 2. The van der Waals surface area contributed by atoms with Crippen LogP contribution in [-0.2, 0) is 0 Å². The first-order valence-corrected chi connectivity index (χ1v) is 9.74. The Morgan fingerprint density at radius 2 is 1.71 bits per heavy atom. The van der Waals surface area contributed by atoms with Gasteiger partial charge in [-0.25, -0.2) is 4.79 Å². The lowest BCUT2D eigenvalue weighted by Gasteiger charge is -2.27. The quantitative estimate of drug-likeness (QED) is 0.423. The van der Waals surface area contributed by atoms with Crippen molar-refractivity contribution >= 4 is 22.5 Å². The van der Waals surface area contributed by atoms with E-state index in [0.29, 0.717) is 39.9 Å². The maximum absolute atomic E-state index is 13.2. The van der Waals surface area contributed by atoms with Gasteiger partial charge < -0.3 is 23.9 Å². The third kappa shape index (κ3) is 2.75. The van der Waals surface area contributed by atoms with E-state index < -0.39 is 11.5 Å². The van der Waals surface area contributed by atoms with Crippen molar-refractivity contribution < 1.29 is 18.6 Å². The number of methoxy groups -OCH3 is 3. The highest BCUT2D eigenvalue weighted by atomic mass is 16.5. The van der Waals surface area contributed by atoms with Gasteiger partial charge in [-0.2, -0.15) is 5.10 Å². The predicted octanol–water partition coefficient (Wildman–Crippen LogP) is 4.09. The SMILES string of the molecule is COc1cc(C2c3c(n[nH]c3C)Nc3c2c(=O)oc2ccccc32)cc(OC)c1OC. The standard InChI is InChI=1S/C23H21N3O5/c1-11-17-18(12-9-15(28-2)21(30-4)16(10-12)29-3)19-20(24-22(17)26-25-11)13-7-5-6-8-14(13)31-23(19)27/h5-10,18H,1-4H3,(H2,24,25,26). The van der Waals surface area contributed by atoms with Gasteiger partial charge in [-0.15, -0.1) is 0 Å². The van der Waals surface area contributed by atoms with Crippen LogP contribution in [0.15, 0.2) is 45.6 Å². The molecule has 0 radical (unpaired) electrons. The third-order valence-electron chi connectivity index (χ3n) is 5.68. The van der Waals surface area contributed by atoms with E-state index in [0.717, 1.165) is 22.2 Å². The molecule has 4 aromatic rings. The van der Waals surface area contributed by atoms with Gasteiger partial charge in [0, 0.05) is 22.6 Å². The molecule has 0 fully saturated rings. The lowest BCUT2D eigenvalue weighted by Crippen LogP contribution is -2.22. The Morgan fingerprint density at radius 3 is 2.39 bits per heavy atom. The first-order valence-electron chi connectivity index (χ1n) is 9.74. The summed E-state index contributed by atoms with van der Waals surface area (Å²) >= 11 is 0. The molecular weight excluding hydrogens is 398 g/mol. The summed E-state index contributed by atoms with van der Waals surface area (Å²) in [5.74, 6) is 1.71. The van der Waals surface area contributed by atoms with Crippen LogP contribution >= 0.6 is 0 Å². The molecule has 5 rings (SSSR count). The van der Waals surface area contributed by atoms with Crippen molar-refractivity contribution in [2.24, 2.45) is 0 Å². The highest BCUT2D eigenvalue weighted by molar-refractivity contribution is 5.95. The third-order valence-corrected chi connectivity index (χ3v) is 5.68. The summed E-state index contributed by atoms with van der Waals surface area (Å²) in [7, 11) is 4.68. The van der Waals surface area contributed by atoms with Crippen molar-refractivity contribution in [3.05, 3.63) is 69.2 Å². The molecule has 0 spiro atoms. The molecular formula is C23H21N3O5. The minimum absolute atomic E-state index is 0.411. The maximum Gasteiger partial charge on any atom is 0.342 e. The molecule has 0 aliphatic carbocycles. The molecule has 2 aromatic carbocycles. The van der Waals surface area contributed by atoms with Gasteiger partial charge in [-0.3, -0.25) is 5.10 Å². The normalized spacial score (nSPS) is 14.5. The van der Waals surface area contributed by atoms with Crippen LogP contribution in [0.4, 0.5) is 11.5 Å². The number of aromatic nitrogens is 2. The zero-order chi connectivity index (χ0) is 21.7. The average molecular weight is 419 g/mol. The number of ether oxygens (including phenoxy) is 3. The van der Waals surface area contributed by atoms with Crippen molar-refractivity contribution in [3.8, 4) is 17.2 Å². The molecule has 8 heteroatoms. The zero-order valence-corrected chi connectivity index (χ0v) is 17.5. The molecule has 1 aliphatic heterocycles. The molecule has 1 atom stereocenters.